The number of benzene rings is 1. The van der Waals surface area contributed by atoms with E-state index in [0.717, 1.165) is 58.5 Å². The monoisotopic (exact) mass is 665 g/mol. The number of piperazine rings is 1. The summed E-state index contributed by atoms with van der Waals surface area (Å²) >= 11 is 0. The van der Waals surface area contributed by atoms with Crippen LogP contribution in [0.2, 0.25) is 0 Å². The molecule has 4 aromatic heterocycles. The number of aromatic carboxylic acids is 1. The number of ether oxygens (including phenoxy) is 2. The molecule has 0 saturated carbocycles. The number of aryl methyl sites for hydroxylation is 2. The molecule has 3 N–H and O–H groups in total. The Hall–Kier alpha value is -4.89. The fourth-order valence-electron chi connectivity index (χ4n) is 5.38. The van der Waals surface area contributed by atoms with Crippen molar-refractivity contribution in [3.63, 3.8) is 0 Å². The number of nitrogens with one attached hydrogen (secondary N) is 2. The van der Waals surface area contributed by atoms with Gasteiger partial charge in [-0.05, 0) is 39.0 Å². The van der Waals surface area contributed by atoms with Gasteiger partial charge in [-0.15, -0.1) is 0 Å². The first-order valence-electron chi connectivity index (χ1n) is 14.9. The molecule has 13 nitrogen and oxygen atoms in total. The Morgan fingerprint density at radius 3 is 2.53 bits per heavy atom. The smallest absolute Gasteiger partial charge is 0.341 e. The molecule has 47 heavy (non-hydrogen) atoms. The molecule has 1 aromatic carbocycles. The van der Waals surface area contributed by atoms with E-state index in [0.29, 0.717) is 30.4 Å². The lowest BCUT2D eigenvalue weighted by atomic mass is 10.1. The molecule has 1 unspecified atom stereocenters. The van der Waals surface area contributed by atoms with E-state index in [-0.39, 0.29) is 22.5 Å². The second kappa shape index (κ2) is 14.3. The fraction of sp³-hybridized carbons (Fsp3) is 0.344. The fourth-order valence-corrected chi connectivity index (χ4v) is 6.48. The van der Waals surface area contributed by atoms with Gasteiger partial charge in [0.15, 0.2) is 16.8 Å². The molecule has 5 heterocycles. The second-order valence-electron chi connectivity index (χ2n) is 10.8. The van der Waals surface area contributed by atoms with Gasteiger partial charge in [0.25, 0.3) is 0 Å². The van der Waals surface area contributed by atoms with Crippen LogP contribution in [0.1, 0.15) is 34.1 Å². The van der Waals surface area contributed by atoms with Gasteiger partial charge in [0, 0.05) is 62.3 Å². The number of carbonyl (C=O) groups is 1. The molecule has 1 atom stereocenters. The van der Waals surface area contributed by atoms with Crippen LogP contribution in [0.15, 0.2) is 46.6 Å². The Labute approximate surface area is 272 Å². The number of carboxylic acids is 1. The molecule has 15 heteroatoms. The minimum absolute atomic E-state index is 0.0110. The van der Waals surface area contributed by atoms with E-state index in [1.165, 1.54) is 6.20 Å². The maximum atomic E-state index is 14.4. The Morgan fingerprint density at radius 2 is 1.87 bits per heavy atom. The van der Waals surface area contributed by atoms with Crippen molar-refractivity contribution in [2.24, 2.45) is 0 Å². The van der Waals surface area contributed by atoms with Crippen LogP contribution in [0, 0.1) is 19.7 Å². The summed E-state index contributed by atoms with van der Waals surface area (Å²) in [6.07, 6.45) is 3.00. The van der Waals surface area contributed by atoms with Gasteiger partial charge in [0.1, 0.15) is 22.7 Å². The number of aromatic nitrogens is 5. The predicted molar refractivity (Wildman–Crippen MR) is 177 cm³/mol. The molecule has 1 aliphatic heterocycles. The summed E-state index contributed by atoms with van der Waals surface area (Å²) in [6.45, 7) is 8.82. The first-order valence-corrected chi connectivity index (χ1v) is 16.2. The molecule has 6 rings (SSSR count). The number of nitrogens with zero attached hydrogens (tertiary/aromatic N) is 5. The van der Waals surface area contributed by atoms with Crippen LogP contribution >= 0.6 is 0 Å². The number of methoxy groups -OCH3 is 2. The van der Waals surface area contributed by atoms with Crippen LogP contribution in [0.4, 0.5) is 10.2 Å². The van der Waals surface area contributed by atoms with Crippen molar-refractivity contribution < 1.29 is 28.0 Å². The summed E-state index contributed by atoms with van der Waals surface area (Å²) in [4.78, 5) is 41.5. The van der Waals surface area contributed by atoms with E-state index in [2.05, 4.69) is 25.3 Å². The van der Waals surface area contributed by atoms with E-state index < -0.39 is 28.0 Å². The molecule has 0 aliphatic carbocycles. The highest BCUT2D eigenvalue weighted by Gasteiger charge is 2.21. The number of fused-ring (bicyclic) bond motifs is 2. The molecular weight excluding hydrogens is 629 g/mol. The van der Waals surface area contributed by atoms with E-state index >= 15 is 0 Å². The van der Waals surface area contributed by atoms with Crippen molar-refractivity contribution in [2.45, 2.75) is 38.2 Å². The van der Waals surface area contributed by atoms with Crippen LogP contribution in [0.3, 0.4) is 0 Å². The number of carboxylic acid groups (broad SMARTS) is 1. The first kappa shape index (κ1) is 33.5. The van der Waals surface area contributed by atoms with Crippen LogP contribution in [-0.2, 0) is 23.1 Å². The highest BCUT2D eigenvalue weighted by atomic mass is 32.2. The zero-order valence-corrected chi connectivity index (χ0v) is 27.5. The lowest BCUT2D eigenvalue weighted by Crippen LogP contribution is -2.44. The number of imidazole rings is 1. The SMILES string of the molecule is CCn1cc(C(=O)O)c(=O)c2cc(F)c(N3CCNCC3)nc21.COc1ccc2nc(S(=O)Cc3ncc(C)c(OC)c3C)[nH]c2c1. The van der Waals surface area contributed by atoms with Gasteiger partial charge in [-0.1, -0.05) is 0 Å². The number of aromatic amines is 1. The number of anilines is 1. The second-order valence-corrected chi connectivity index (χ2v) is 12.2. The Kier molecular flexibility index (Phi) is 10.2. The number of hydrogen-bond donors (Lipinski definition) is 3. The van der Waals surface area contributed by atoms with Gasteiger partial charge < -0.3 is 34.3 Å². The van der Waals surface area contributed by atoms with Crippen molar-refractivity contribution in [1.29, 1.82) is 0 Å². The third-order valence-corrected chi connectivity index (χ3v) is 9.03. The summed E-state index contributed by atoms with van der Waals surface area (Å²) in [5.41, 5.74) is 3.37. The minimum Gasteiger partial charge on any atom is -0.497 e. The number of rotatable bonds is 8. The summed E-state index contributed by atoms with van der Waals surface area (Å²) in [5.74, 6) is 0.0473. The predicted octanol–water partition coefficient (Wildman–Crippen LogP) is 3.56. The van der Waals surface area contributed by atoms with Crippen LogP contribution < -0.4 is 25.1 Å². The number of pyridine rings is 3. The van der Waals surface area contributed by atoms with Gasteiger partial charge >= 0.3 is 5.97 Å². The standard InChI is InChI=1S/C17H19N3O3S.C15H17FN4O3/c1-10-8-18-15(11(2)16(10)23-4)9-24(21)17-19-13-6-5-12(22-3)7-14(13)20-17;1-2-19-8-10(15(22)23)12(21)9-7-11(16)14(18-13(9)19)20-5-3-17-4-6-20/h5-8H,9H2,1-4H3,(H,19,20);7-8,17H,2-6H2,1H3,(H,22,23). The average molecular weight is 666 g/mol. The highest BCUT2D eigenvalue weighted by molar-refractivity contribution is 7.84. The minimum atomic E-state index is -1.33. The normalized spacial score (nSPS) is 13.7. The third kappa shape index (κ3) is 6.95. The summed E-state index contributed by atoms with van der Waals surface area (Å²) in [6, 6.07) is 6.60. The Morgan fingerprint density at radius 1 is 1.13 bits per heavy atom. The van der Waals surface area contributed by atoms with Crippen molar-refractivity contribution in [1.82, 2.24) is 29.8 Å². The van der Waals surface area contributed by atoms with Crippen LogP contribution in [0.25, 0.3) is 22.1 Å². The lowest BCUT2D eigenvalue weighted by molar-refractivity contribution is 0.0694. The summed E-state index contributed by atoms with van der Waals surface area (Å²) < 4.78 is 39.3. The molecule has 5 aromatic rings. The molecule has 1 fully saturated rings. The van der Waals surface area contributed by atoms with Crippen LogP contribution in [-0.4, -0.2) is 80.2 Å². The van der Waals surface area contributed by atoms with Gasteiger partial charge in [-0.3, -0.25) is 14.0 Å². The number of H-pyrrole nitrogens is 1. The van der Waals surface area contributed by atoms with Crippen molar-refractivity contribution in [3.8, 4) is 11.5 Å². The number of hydrogen-bond acceptors (Lipinski definition) is 10. The lowest BCUT2D eigenvalue weighted by Gasteiger charge is -2.29. The maximum absolute atomic E-state index is 14.4. The molecular formula is C32H36FN7O6S. The van der Waals surface area contributed by atoms with E-state index in [1.54, 1.807) is 25.0 Å². The van der Waals surface area contributed by atoms with Crippen molar-refractivity contribution in [3.05, 3.63) is 75.1 Å². The number of halogens is 1. The summed E-state index contributed by atoms with van der Waals surface area (Å²) in [7, 11) is 1.91. The maximum Gasteiger partial charge on any atom is 0.341 e. The van der Waals surface area contributed by atoms with Crippen molar-refractivity contribution >= 4 is 44.7 Å². The van der Waals surface area contributed by atoms with E-state index in [1.807, 2.05) is 43.9 Å². The van der Waals surface area contributed by atoms with Gasteiger partial charge in [0.05, 0.1) is 52.9 Å². The van der Waals surface area contributed by atoms with Crippen molar-refractivity contribution in [2.75, 3.05) is 45.3 Å². The summed E-state index contributed by atoms with van der Waals surface area (Å²) in [5, 5.41) is 12.7. The zero-order valence-electron chi connectivity index (χ0n) is 26.7. The molecule has 0 bridgehead atoms. The quantitative estimate of drug-likeness (QED) is 0.222. The van der Waals surface area contributed by atoms with Crippen LogP contribution in [0.5, 0.6) is 11.5 Å². The molecule has 1 aliphatic rings. The molecule has 1 saturated heterocycles. The Balaban J connectivity index is 0.000000185. The molecule has 0 radical (unpaired) electrons. The van der Waals surface area contributed by atoms with Gasteiger partial charge in [-0.25, -0.2) is 19.2 Å². The Bertz CT molecular complexity index is 2040. The third-order valence-electron chi connectivity index (χ3n) is 7.87. The first-order chi connectivity index (χ1) is 22.6. The molecule has 0 amide bonds. The average Bonchev–Trinajstić information content (AvgIpc) is 3.51. The molecule has 248 valence electrons. The zero-order chi connectivity index (χ0) is 33.8. The molecule has 0 spiro atoms. The van der Waals surface area contributed by atoms with E-state index in [9.17, 15) is 18.2 Å². The topological polar surface area (TPSA) is 165 Å². The largest absolute Gasteiger partial charge is 0.497 e. The van der Waals surface area contributed by atoms with E-state index in [4.69, 9.17) is 14.6 Å². The van der Waals surface area contributed by atoms with Gasteiger partial charge in [0.2, 0.25) is 5.43 Å². The van der Waals surface area contributed by atoms with Gasteiger partial charge in [-0.2, -0.15) is 0 Å². The highest BCUT2D eigenvalue weighted by Crippen LogP contribution is 2.26.